The van der Waals surface area contributed by atoms with Crippen LogP contribution in [0.1, 0.15) is 17.5 Å². The van der Waals surface area contributed by atoms with E-state index in [1.165, 1.54) is 16.2 Å². The Morgan fingerprint density at radius 2 is 2.00 bits per heavy atom. The van der Waals surface area contributed by atoms with Crippen molar-refractivity contribution in [3.05, 3.63) is 51.4 Å². The van der Waals surface area contributed by atoms with E-state index in [0.717, 1.165) is 28.8 Å². The third-order valence-corrected chi connectivity index (χ3v) is 6.30. The molecule has 0 atom stereocenters. The minimum atomic E-state index is -0.360. The summed E-state index contributed by atoms with van der Waals surface area (Å²) in [6.07, 6.45) is 1.08. The summed E-state index contributed by atoms with van der Waals surface area (Å²) in [6, 6.07) is 9.53. The van der Waals surface area contributed by atoms with Crippen molar-refractivity contribution in [3.63, 3.8) is 0 Å². The highest BCUT2D eigenvalue weighted by Gasteiger charge is 2.34. The molecule has 1 fully saturated rings. The van der Waals surface area contributed by atoms with Crippen molar-refractivity contribution in [2.45, 2.75) is 19.8 Å². The third-order valence-electron chi connectivity index (χ3n) is 3.72. The number of hydrogen-bond donors (Lipinski definition) is 1. The largest absolute Gasteiger partial charge is 0.297 e. The maximum absolute atomic E-state index is 12.9. The lowest BCUT2D eigenvalue weighted by atomic mass is 10.0. The number of benzene rings is 1. The first-order chi connectivity index (χ1) is 12.5. The standard InChI is InChI=1S/C17H16N4O2S3/c1-3-12-19-20-16(25-12)18-14(22)11(9-10-7-5-4-6-8-10)13-15(23)21(2)17(24)26-13/h4-8H,3,9H2,1-2H3,(H,18,20,22)/b13-11+. The molecule has 0 radical (unpaired) electrons. The van der Waals surface area contributed by atoms with Crippen LogP contribution in [0.5, 0.6) is 0 Å². The molecular weight excluding hydrogens is 388 g/mol. The normalized spacial score (nSPS) is 16.2. The van der Waals surface area contributed by atoms with Gasteiger partial charge in [0.2, 0.25) is 5.13 Å². The van der Waals surface area contributed by atoms with Crippen LogP contribution in [0.2, 0.25) is 0 Å². The molecule has 26 heavy (non-hydrogen) atoms. The van der Waals surface area contributed by atoms with Gasteiger partial charge < -0.3 is 0 Å². The maximum Gasteiger partial charge on any atom is 0.266 e. The SMILES string of the molecule is CCc1nnc(NC(=O)/C(Cc2ccccc2)=C2/SC(=S)N(C)C2=O)s1. The van der Waals surface area contributed by atoms with Gasteiger partial charge >= 0.3 is 0 Å². The van der Waals surface area contributed by atoms with E-state index in [9.17, 15) is 9.59 Å². The van der Waals surface area contributed by atoms with Crippen LogP contribution in [0.3, 0.4) is 0 Å². The number of likely N-dealkylation sites (N-methyl/N-ethyl adjacent to an activating group) is 1. The molecule has 1 aromatic carbocycles. The predicted octanol–water partition coefficient (Wildman–Crippen LogP) is 3.03. The molecule has 0 saturated carbocycles. The van der Waals surface area contributed by atoms with Crippen LogP contribution in [-0.2, 0) is 22.4 Å². The smallest absolute Gasteiger partial charge is 0.266 e. The predicted molar refractivity (Wildman–Crippen MR) is 108 cm³/mol. The third kappa shape index (κ3) is 4.00. The monoisotopic (exact) mass is 404 g/mol. The van der Waals surface area contributed by atoms with Crippen LogP contribution in [0.15, 0.2) is 40.8 Å². The number of aryl methyl sites for hydroxylation is 1. The number of thiocarbonyl (C=S) groups is 1. The molecule has 0 bridgehead atoms. The van der Waals surface area contributed by atoms with Crippen LogP contribution < -0.4 is 5.32 Å². The van der Waals surface area contributed by atoms with Crippen LogP contribution in [0.4, 0.5) is 5.13 Å². The Morgan fingerprint density at radius 3 is 2.58 bits per heavy atom. The van der Waals surface area contributed by atoms with Gasteiger partial charge in [-0.1, -0.05) is 72.6 Å². The highest BCUT2D eigenvalue weighted by Crippen LogP contribution is 2.34. The Bertz CT molecular complexity index is 892. The topological polar surface area (TPSA) is 75.2 Å². The average Bonchev–Trinajstić information content (AvgIpc) is 3.20. The van der Waals surface area contributed by atoms with E-state index in [0.29, 0.717) is 26.4 Å². The van der Waals surface area contributed by atoms with Crippen molar-refractivity contribution < 1.29 is 9.59 Å². The summed E-state index contributed by atoms with van der Waals surface area (Å²) in [5, 5.41) is 12.0. The molecule has 1 aliphatic heterocycles. The molecule has 2 aromatic rings. The van der Waals surface area contributed by atoms with Gasteiger partial charge in [-0.05, 0) is 12.0 Å². The lowest BCUT2D eigenvalue weighted by Gasteiger charge is -2.10. The Morgan fingerprint density at radius 1 is 1.27 bits per heavy atom. The minimum absolute atomic E-state index is 0.257. The number of aromatic nitrogens is 2. The molecule has 1 N–H and O–H groups in total. The molecule has 9 heteroatoms. The lowest BCUT2D eigenvalue weighted by Crippen LogP contribution is -2.25. The van der Waals surface area contributed by atoms with E-state index >= 15 is 0 Å². The number of carbonyl (C=O) groups is 2. The minimum Gasteiger partial charge on any atom is -0.297 e. The van der Waals surface area contributed by atoms with E-state index in [2.05, 4.69) is 15.5 Å². The number of thioether (sulfide) groups is 1. The van der Waals surface area contributed by atoms with E-state index in [4.69, 9.17) is 12.2 Å². The van der Waals surface area contributed by atoms with Gasteiger partial charge in [0, 0.05) is 19.0 Å². The highest BCUT2D eigenvalue weighted by molar-refractivity contribution is 8.26. The summed E-state index contributed by atoms with van der Waals surface area (Å²) in [4.78, 5) is 27.2. The van der Waals surface area contributed by atoms with Gasteiger partial charge in [0.15, 0.2) is 0 Å². The van der Waals surface area contributed by atoms with Crippen molar-refractivity contribution in [3.8, 4) is 0 Å². The summed E-state index contributed by atoms with van der Waals surface area (Å²) in [5.74, 6) is -0.616. The van der Waals surface area contributed by atoms with Gasteiger partial charge in [0.05, 0.1) is 4.91 Å². The zero-order chi connectivity index (χ0) is 18.7. The Labute approximate surface area is 164 Å². The molecule has 1 aromatic heterocycles. The fraction of sp³-hybridized carbons (Fsp3) is 0.235. The molecule has 2 heterocycles. The Kier molecular flexibility index (Phi) is 5.80. The molecule has 0 aliphatic carbocycles. The van der Waals surface area contributed by atoms with Crippen molar-refractivity contribution in [2.75, 3.05) is 12.4 Å². The number of rotatable bonds is 5. The molecule has 1 aliphatic rings. The van der Waals surface area contributed by atoms with Crippen molar-refractivity contribution in [1.29, 1.82) is 0 Å². The summed E-state index contributed by atoms with van der Waals surface area (Å²) in [6.45, 7) is 1.97. The van der Waals surface area contributed by atoms with Gasteiger partial charge in [0.1, 0.15) is 9.33 Å². The fourth-order valence-electron chi connectivity index (χ4n) is 2.31. The van der Waals surface area contributed by atoms with Crippen LogP contribution in [-0.4, -0.2) is 38.3 Å². The molecular formula is C17H16N4O2S3. The number of carbonyl (C=O) groups excluding carboxylic acids is 2. The first-order valence-corrected chi connectivity index (χ1v) is 9.94. The van der Waals surface area contributed by atoms with Gasteiger partial charge in [-0.25, -0.2) is 0 Å². The second kappa shape index (κ2) is 8.07. The lowest BCUT2D eigenvalue weighted by molar-refractivity contribution is -0.122. The fourth-order valence-corrected chi connectivity index (χ4v) is 4.22. The van der Waals surface area contributed by atoms with Gasteiger partial charge in [0.25, 0.3) is 11.8 Å². The van der Waals surface area contributed by atoms with Crippen molar-refractivity contribution in [2.24, 2.45) is 0 Å². The summed E-state index contributed by atoms with van der Waals surface area (Å²) in [7, 11) is 1.61. The number of nitrogens with one attached hydrogen (secondary N) is 1. The van der Waals surface area contributed by atoms with Crippen molar-refractivity contribution in [1.82, 2.24) is 15.1 Å². The second-order valence-electron chi connectivity index (χ2n) is 5.51. The summed E-state index contributed by atoms with van der Waals surface area (Å²) >= 11 is 7.67. The Balaban J connectivity index is 1.93. The molecule has 3 rings (SSSR count). The van der Waals surface area contributed by atoms with E-state index in [1.54, 1.807) is 7.05 Å². The number of hydrogen-bond acceptors (Lipinski definition) is 7. The molecule has 6 nitrogen and oxygen atoms in total. The molecule has 0 spiro atoms. The van der Waals surface area contributed by atoms with Crippen LogP contribution in [0.25, 0.3) is 0 Å². The zero-order valence-electron chi connectivity index (χ0n) is 14.2. The first kappa shape index (κ1) is 18.7. The molecule has 0 unspecified atom stereocenters. The number of amides is 2. The van der Waals surface area contributed by atoms with E-state index in [1.807, 2.05) is 37.3 Å². The average molecular weight is 405 g/mol. The quantitative estimate of drug-likeness (QED) is 0.610. The van der Waals surface area contributed by atoms with Gasteiger partial charge in [-0.15, -0.1) is 10.2 Å². The zero-order valence-corrected chi connectivity index (χ0v) is 16.6. The molecule has 1 saturated heterocycles. The number of nitrogens with zero attached hydrogens (tertiary/aromatic N) is 3. The van der Waals surface area contributed by atoms with Crippen molar-refractivity contribution >= 4 is 56.6 Å². The van der Waals surface area contributed by atoms with Gasteiger partial charge in [-0.3, -0.25) is 19.8 Å². The molecule has 134 valence electrons. The van der Waals surface area contributed by atoms with E-state index in [-0.39, 0.29) is 11.8 Å². The van der Waals surface area contributed by atoms with E-state index < -0.39 is 0 Å². The first-order valence-electron chi connectivity index (χ1n) is 7.90. The second-order valence-corrected chi connectivity index (χ2v) is 8.22. The molecule has 2 amide bonds. The van der Waals surface area contributed by atoms with Crippen LogP contribution in [0, 0.1) is 0 Å². The Hall–Kier alpha value is -2.10. The number of anilines is 1. The van der Waals surface area contributed by atoms with Gasteiger partial charge in [-0.2, -0.15) is 0 Å². The van der Waals surface area contributed by atoms with Crippen LogP contribution >= 0.6 is 35.3 Å². The summed E-state index contributed by atoms with van der Waals surface area (Å²) in [5.41, 5.74) is 1.32. The summed E-state index contributed by atoms with van der Waals surface area (Å²) < 4.78 is 0.438. The highest BCUT2D eigenvalue weighted by atomic mass is 32.2. The maximum atomic E-state index is 12.9.